The molecule has 1 aliphatic rings. The predicted octanol–water partition coefficient (Wildman–Crippen LogP) is 3.67. The molecule has 0 bridgehead atoms. The minimum absolute atomic E-state index is 0.122. The van der Waals surface area contributed by atoms with Gasteiger partial charge in [0.05, 0.1) is 0 Å². The van der Waals surface area contributed by atoms with Crippen molar-refractivity contribution in [2.75, 3.05) is 0 Å². The number of carbonyl (C=O) groups excluding carboxylic acids is 2. The summed E-state index contributed by atoms with van der Waals surface area (Å²) in [5.74, 6) is -1.09. The number of nitrogens with zero attached hydrogens (tertiary/aromatic N) is 1. The predicted molar refractivity (Wildman–Crippen MR) is 100.0 cm³/mol. The fourth-order valence-electron chi connectivity index (χ4n) is 2.99. The van der Waals surface area contributed by atoms with Crippen LogP contribution in [-0.2, 0) is 14.3 Å². The van der Waals surface area contributed by atoms with Crippen molar-refractivity contribution in [3.05, 3.63) is 41.0 Å². The molecule has 5 nitrogen and oxygen atoms in total. The molecule has 0 aliphatic heterocycles. The lowest BCUT2D eigenvalue weighted by atomic mass is 10.1. The molecule has 0 unspecified atom stereocenters. The van der Waals surface area contributed by atoms with Crippen molar-refractivity contribution >= 4 is 18.0 Å². The maximum atomic E-state index is 12.3. The number of rotatable bonds is 5. The summed E-state index contributed by atoms with van der Waals surface area (Å²) >= 11 is 0. The van der Waals surface area contributed by atoms with Crippen molar-refractivity contribution in [3.63, 3.8) is 0 Å². The summed E-state index contributed by atoms with van der Waals surface area (Å²) in [4.78, 5) is 24.5. The zero-order valence-electron chi connectivity index (χ0n) is 15.5. The fraction of sp³-hybridized carbons (Fsp3) is 0.476. The van der Waals surface area contributed by atoms with Gasteiger partial charge in [0.25, 0.3) is 5.91 Å². The lowest BCUT2D eigenvalue weighted by molar-refractivity contribution is -0.151. The molecule has 1 N–H and O–H groups in total. The molecule has 0 spiro atoms. The Labute approximate surface area is 155 Å². The number of benzene rings is 1. The lowest BCUT2D eigenvalue weighted by Crippen LogP contribution is -2.42. The Bertz CT molecular complexity index is 693. The van der Waals surface area contributed by atoms with Crippen LogP contribution in [0, 0.1) is 18.3 Å². The van der Waals surface area contributed by atoms with E-state index in [-0.39, 0.29) is 17.5 Å². The summed E-state index contributed by atoms with van der Waals surface area (Å²) in [5.41, 5.74) is 1.70. The molecule has 1 saturated carbocycles. The Kier molecular flexibility index (Phi) is 7.40. The van der Waals surface area contributed by atoms with Crippen LogP contribution >= 0.6 is 0 Å². The second-order valence-corrected chi connectivity index (χ2v) is 6.83. The van der Waals surface area contributed by atoms with Gasteiger partial charge < -0.3 is 10.1 Å². The van der Waals surface area contributed by atoms with Crippen LogP contribution in [0.4, 0.5) is 0 Å². The Balaban J connectivity index is 1.94. The van der Waals surface area contributed by atoms with E-state index in [9.17, 15) is 14.9 Å². The molecule has 0 heterocycles. The zero-order valence-corrected chi connectivity index (χ0v) is 15.5. The average Bonchev–Trinajstić information content (AvgIpc) is 2.89. The van der Waals surface area contributed by atoms with Crippen LogP contribution in [0.1, 0.15) is 56.6 Å². The molecule has 1 aromatic carbocycles. The number of carbonyl (C=O) groups is 2. The van der Waals surface area contributed by atoms with E-state index in [2.05, 4.69) is 5.32 Å². The van der Waals surface area contributed by atoms with Crippen molar-refractivity contribution < 1.29 is 14.3 Å². The van der Waals surface area contributed by atoms with Gasteiger partial charge in [-0.1, -0.05) is 55.5 Å². The summed E-state index contributed by atoms with van der Waals surface area (Å²) in [6, 6.07) is 9.44. The lowest BCUT2D eigenvalue weighted by Gasteiger charge is -2.19. The van der Waals surface area contributed by atoms with Crippen molar-refractivity contribution in [2.45, 2.75) is 64.5 Å². The van der Waals surface area contributed by atoms with Gasteiger partial charge in [0.2, 0.25) is 0 Å². The van der Waals surface area contributed by atoms with E-state index in [0.717, 1.165) is 36.8 Å². The van der Waals surface area contributed by atoms with Crippen LogP contribution in [0.15, 0.2) is 29.8 Å². The molecule has 0 radical (unpaired) electrons. The number of amides is 1. The molecular weight excluding hydrogens is 328 g/mol. The molecule has 1 amide bonds. The van der Waals surface area contributed by atoms with Crippen LogP contribution < -0.4 is 5.32 Å². The van der Waals surface area contributed by atoms with E-state index in [1.165, 1.54) is 25.8 Å². The van der Waals surface area contributed by atoms with Crippen LogP contribution in [0.3, 0.4) is 0 Å². The summed E-state index contributed by atoms with van der Waals surface area (Å²) in [5, 5.41) is 12.2. The number of esters is 1. The normalized spacial score (nSPS) is 16.9. The molecule has 1 fully saturated rings. The summed E-state index contributed by atoms with van der Waals surface area (Å²) in [6.45, 7) is 3.49. The number of aryl methyl sites for hydroxylation is 1. The molecule has 1 aliphatic carbocycles. The van der Waals surface area contributed by atoms with Crippen LogP contribution in [0.25, 0.3) is 6.08 Å². The first-order valence-corrected chi connectivity index (χ1v) is 9.19. The van der Waals surface area contributed by atoms with Gasteiger partial charge in [0.1, 0.15) is 11.6 Å². The SMILES string of the molecule is Cc1ccc(/C=C(\C#N)C(=O)O[C@@H](C)C(=O)NC2CCCCCC2)cc1. The Morgan fingerprint density at radius 2 is 1.81 bits per heavy atom. The second kappa shape index (κ2) is 9.76. The maximum absolute atomic E-state index is 12.3. The van der Waals surface area contributed by atoms with Gasteiger partial charge in [-0.15, -0.1) is 0 Å². The molecular formula is C21H26N2O3. The first-order chi connectivity index (χ1) is 12.5. The highest BCUT2D eigenvalue weighted by atomic mass is 16.5. The molecule has 138 valence electrons. The average molecular weight is 354 g/mol. The van der Waals surface area contributed by atoms with Gasteiger partial charge in [-0.25, -0.2) is 4.79 Å². The number of hydrogen-bond acceptors (Lipinski definition) is 4. The number of nitriles is 1. The highest BCUT2D eigenvalue weighted by molar-refractivity contribution is 5.99. The third-order valence-corrected chi connectivity index (χ3v) is 4.58. The molecule has 1 atom stereocenters. The Morgan fingerprint density at radius 1 is 1.19 bits per heavy atom. The van der Waals surface area contributed by atoms with Crippen molar-refractivity contribution in [3.8, 4) is 6.07 Å². The Hall–Kier alpha value is -2.61. The van der Waals surface area contributed by atoms with Gasteiger partial charge in [0.15, 0.2) is 6.10 Å². The van der Waals surface area contributed by atoms with Crippen LogP contribution in [-0.4, -0.2) is 24.0 Å². The molecule has 0 aromatic heterocycles. The largest absolute Gasteiger partial charge is 0.448 e. The first kappa shape index (κ1) is 19.7. The van der Waals surface area contributed by atoms with E-state index in [1.54, 1.807) is 0 Å². The Morgan fingerprint density at radius 3 is 2.38 bits per heavy atom. The van der Waals surface area contributed by atoms with Crippen LogP contribution in [0.2, 0.25) is 0 Å². The maximum Gasteiger partial charge on any atom is 0.349 e. The van der Waals surface area contributed by atoms with Crippen molar-refractivity contribution in [1.29, 1.82) is 5.26 Å². The first-order valence-electron chi connectivity index (χ1n) is 9.19. The molecule has 2 rings (SSSR count). The van der Waals surface area contributed by atoms with E-state index in [4.69, 9.17) is 4.74 Å². The van der Waals surface area contributed by atoms with E-state index in [1.807, 2.05) is 37.3 Å². The molecule has 26 heavy (non-hydrogen) atoms. The zero-order chi connectivity index (χ0) is 18.9. The van der Waals surface area contributed by atoms with Crippen molar-refractivity contribution in [1.82, 2.24) is 5.32 Å². The number of ether oxygens (including phenoxy) is 1. The van der Waals surface area contributed by atoms with Gasteiger partial charge in [-0.05, 0) is 38.3 Å². The highest BCUT2D eigenvalue weighted by Crippen LogP contribution is 2.17. The standard InChI is InChI=1S/C21H26N2O3/c1-15-9-11-17(12-10-15)13-18(14-22)21(25)26-16(2)20(24)23-19-7-5-3-4-6-8-19/h9-13,16,19H,3-8H2,1-2H3,(H,23,24)/b18-13+/t16-/m0/s1. The van der Waals surface area contributed by atoms with Crippen molar-refractivity contribution in [2.24, 2.45) is 0 Å². The minimum atomic E-state index is -0.930. The van der Waals surface area contributed by atoms with Gasteiger partial charge in [-0.2, -0.15) is 5.26 Å². The molecule has 1 aromatic rings. The summed E-state index contributed by atoms with van der Waals surface area (Å²) in [7, 11) is 0. The van der Waals surface area contributed by atoms with E-state index < -0.39 is 12.1 Å². The molecule has 0 saturated heterocycles. The third kappa shape index (κ3) is 6.03. The monoisotopic (exact) mass is 354 g/mol. The topological polar surface area (TPSA) is 79.2 Å². The molecule has 5 heteroatoms. The fourth-order valence-corrected chi connectivity index (χ4v) is 2.99. The minimum Gasteiger partial charge on any atom is -0.448 e. The second-order valence-electron chi connectivity index (χ2n) is 6.83. The third-order valence-electron chi connectivity index (χ3n) is 4.58. The van der Waals surface area contributed by atoms with Gasteiger partial charge >= 0.3 is 5.97 Å². The quantitative estimate of drug-likeness (QED) is 0.379. The number of nitrogens with one attached hydrogen (secondary N) is 1. The van der Waals surface area contributed by atoms with E-state index >= 15 is 0 Å². The summed E-state index contributed by atoms with van der Waals surface area (Å²) < 4.78 is 5.19. The number of hydrogen-bond donors (Lipinski definition) is 1. The smallest absolute Gasteiger partial charge is 0.349 e. The van der Waals surface area contributed by atoms with Gasteiger partial charge in [0, 0.05) is 6.04 Å². The van der Waals surface area contributed by atoms with Crippen LogP contribution in [0.5, 0.6) is 0 Å². The highest BCUT2D eigenvalue weighted by Gasteiger charge is 2.23. The summed E-state index contributed by atoms with van der Waals surface area (Å²) in [6.07, 6.45) is 7.08. The van der Waals surface area contributed by atoms with E-state index in [0.29, 0.717) is 0 Å². The van der Waals surface area contributed by atoms with Gasteiger partial charge in [-0.3, -0.25) is 4.79 Å².